The topological polar surface area (TPSA) is 107 Å². The molecule has 1 fully saturated rings. The third kappa shape index (κ3) is 4.49. The Morgan fingerprint density at radius 1 is 1.11 bits per heavy atom. The second-order valence-corrected chi connectivity index (χ2v) is 8.98. The Morgan fingerprint density at radius 2 is 1.91 bits per heavy atom. The van der Waals surface area contributed by atoms with Crippen molar-refractivity contribution in [1.29, 1.82) is 0 Å². The number of ether oxygens (including phenoxy) is 1. The smallest absolute Gasteiger partial charge is 0.293 e. The van der Waals surface area contributed by atoms with Crippen LogP contribution in [-0.4, -0.2) is 35.1 Å². The lowest BCUT2D eigenvalue weighted by Gasteiger charge is -2.43. The van der Waals surface area contributed by atoms with Crippen LogP contribution in [0.25, 0.3) is 0 Å². The van der Waals surface area contributed by atoms with Gasteiger partial charge in [-0.15, -0.1) is 0 Å². The summed E-state index contributed by atoms with van der Waals surface area (Å²) in [6, 6.07) is 16.9. The second kappa shape index (κ2) is 9.25. The van der Waals surface area contributed by atoms with Crippen LogP contribution in [0.3, 0.4) is 0 Å². The first-order chi connectivity index (χ1) is 16.9. The average molecular weight is 475 g/mol. The maximum atomic E-state index is 12.8. The van der Waals surface area contributed by atoms with E-state index >= 15 is 0 Å². The Bertz CT molecular complexity index is 1330. The van der Waals surface area contributed by atoms with Gasteiger partial charge in [-0.25, -0.2) is 0 Å². The first-order valence-corrected chi connectivity index (χ1v) is 11.7. The standard InChI is InChI=1S/C26H26N4O5/c1-2-35-21-9-7-20(8-10-21)27-26(32)18-6-11-23(24(13-18)30(33)34)28-14-17-12-19(16-28)22-4-3-5-25(31)29(22)15-17/h3-11,13,17,19H,2,12,14-16H2,1H3,(H,27,32)/t17-,19+/m1/s1. The van der Waals surface area contributed by atoms with Crippen molar-refractivity contribution >= 4 is 23.0 Å². The van der Waals surface area contributed by atoms with E-state index in [4.69, 9.17) is 4.74 Å². The lowest BCUT2D eigenvalue weighted by Crippen LogP contribution is -2.47. The summed E-state index contributed by atoms with van der Waals surface area (Å²) in [6.45, 7) is 4.25. The quantitative estimate of drug-likeness (QED) is 0.427. The number of amides is 1. The van der Waals surface area contributed by atoms with Crippen LogP contribution in [0.1, 0.15) is 35.3 Å². The number of piperidine rings is 1. The largest absolute Gasteiger partial charge is 0.494 e. The van der Waals surface area contributed by atoms with Gasteiger partial charge in [0.05, 0.1) is 11.5 Å². The minimum absolute atomic E-state index is 0.000440. The van der Waals surface area contributed by atoms with Crippen molar-refractivity contribution in [3.05, 3.63) is 92.4 Å². The maximum Gasteiger partial charge on any atom is 0.293 e. The molecule has 1 N–H and O–H groups in total. The average Bonchev–Trinajstić information content (AvgIpc) is 2.85. The van der Waals surface area contributed by atoms with Crippen LogP contribution in [0, 0.1) is 16.0 Å². The highest BCUT2D eigenvalue weighted by Gasteiger charge is 2.36. The predicted octanol–water partition coefficient (Wildman–Crippen LogP) is 4.03. The van der Waals surface area contributed by atoms with Gasteiger partial charge >= 0.3 is 0 Å². The number of hydrogen-bond acceptors (Lipinski definition) is 6. The Morgan fingerprint density at radius 3 is 2.66 bits per heavy atom. The maximum absolute atomic E-state index is 12.8. The Hall–Kier alpha value is -4.14. The predicted molar refractivity (Wildman–Crippen MR) is 132 cm³/mol. The van der Waals surface area contributed by atoms with E-state index in [9.17, 15) is 19.7 Å². The van der Waals surface area contributed by atoms with Crippen molar-refractivity contribution in [3.63, 3.8) is 0 Å². The summed E-state index contributed by atoms with van der Waals surface area (Å²) >= 11 is 0. The fourth-order valence-corrected chi connectivity index (χ4v) is 5.18. The molecule has 0 spiro atoms. The van der Waals surface area contributed by atoms with Gasteiger partial charge in [0.25, 0.3) is 17.2 Å². The van der Waals surface area contributed by atoms with E-state index in [0.717, 1.165) is 12.1 Å². The first kappa shape index (κ1) is 22.6. The minimum atomic E-state index is -0.439. The number of hydrogen-bond donors (Lipinski definition) is 1. The number of fused-ring (bicyclic) bond motifs is 4. The molecule has 2 aliphatic heterocycles. The van der Waals surface area contributed by atoms with Crippen molar-refractivity contribution in [2.45, 2.75) is 25.8 Å². The molecule has 0 unspecified atom stereocenters. The van der Waals surface area contributed by atoms with E-state index in [1.54, 1.807) is 48.5 Å². The van der Waals surface area contributed by atoms with E-state index in [0.29, 0.717) is 43.4 Å². The molecule has 0 aliphatic carbocycles. The number of aromatic nitrogens is 1. The molecule has 3 aromatic rings. The number of rotatable bonds is 6. The van der Waals surface area contributed by atoms with Gasteiger partial charge in [-0.05, 0) is 61.7 Å². The molecule has 5 rings (SSSR count). The van der Waals surface area contributed by atoms with Crippen LogP contribution in [0.5, 0.6) is 5.75 Å². The summed E-state index contributed by atoms with van der Waals surface area (Å²) in [5.74, 6) is 0.624. The van der Waals surface area contributed by atoms with Gasteiger partial charge in [-0.1, -0.05) is 6.07 Å². The van der Waals surface area contributed by atoms with Gasteiger partial charge in [-0.2, -0.15) is 0 Å². The lowest BCUT2D eigenvalue weighted by atomic mass is 9.83. The molecule has 2 aromatic carbocycles. The summed E-state index contributed by atoms with van der Waals surface area (Å²) in [4.78, 5) is 38.6. The Labute approximate surface area is 202 Å². The Kier molecular flexibility index (Phi) is 5.98. The molecule has 1 aromatic heterocycles. The van der Waals surface area contributed by atoms with E-state index in [1.165, 1.54) is 6.07 Å². The normalized spacial score (nSPS) is 18.5. The highest BCUT2D eigenvalue weighted by molar-refractivity contribution is 6.05. The van der Waals surface area contributed by atoms with Gasteiger partial charge < -0.3 is 19.5 Å². The fourth-order valence-electron chi connectivity index (χ4n) is 5.18. The summed E-state index contributed by atoms with van der Waals surface area (Å²) in [5.41, 5.74) is 2.15. The van der Waals surface area contributed by atoms with Crippen LogP contribution in [0.2, 0.25) is 0 Å². The monoisotopic (exact) mass is 474 g/mol. The van der Waals surface area contributed by atoms with Gasteiger partial charge in [0.1, 0.15) is 11.4 Å². The molecule has 3 heterocycles. The third-order valence-electron chi connectivity index (χ3n) is 6.68. The zero-order valence-corrected chi connectivity index (χ0v) is 19.3. The number of nitrogens with one attached hydrogen (secondary N) is 1. The van der Waals surface area contributed by atoms with E-state index < -0.39 is 10.8 Å². The van der Waals surface area contributed by atoms with Gasteiger partial charge in [0.15, 0.2) is 0 Å². The minimum Gasteiger partial charge on any atom is -0.494 e. The number of nitro benzene ring substituents is 1. The number of nitro groups is 1. The van der Waals surface area contributed by atoms with Gasteiger partial charge in [0, 0.05) is 54.6 Å². The van der Waals surface area contributed by atoms with Crippen molar-refractivity contribution in [3.8, 4) is 5.75 Å². The Balaban J connectivity index is 1.38. The molecule has 0 radical (unpaired) electrons. The summed E-state index contributed by atoms with van der Waals surface area (Å²) < 4.78 is 7.24. The van der Waals surface area contributed by atoms with Crippen molar-refractivity contribution in [2.24, 2.45) is 5.92 Å². The van der Waals surface area contributed by atoms with E-state index in [2.05, 4.69) is 5.32 Å². The van der Waals surface area contributed by atoms with E-state index in [1.807, 2.05) is 22.5 Å². The number of nitrogens with zero attached hydrogens (tertiary/aromatic N) is 3. The number of carbonyl (C=O) groups excluding carboxylic acids is 1. The third-order valence-corrected chi connectivity index (χ3v) is 6.68. The van der Waals surface area contributed by atoms with Crippen molar-refractivity contribution in [1.82, 2.24) is 4.57 Å². The zero-order chi connectivity index (χ0) is 24.5. The molecular weight excluding hydrogens is 448 g/mol. The number of benzene rings is 2. The van der Waals surface area contributed by atoms with Crippen LogP contribution >= 0.6 is 0 Å². The SMILES string of the molecule is CCOc1ccc(NC(=O)c2ccc(N3C[C@H]4C[C@@H](C3)c3cccc(=O)n3C4)c([N+](=O)[O-])c2)cc1. The summed E-state index contributed by atoms with van der Waals surface area (Å²) in [5, 5.41) is 14.8. The van der Waals surface area contributed by atoms with Gasteiger partial charge in [0.2, 0.25) is 0 Å². The second-order valence-electron chi connectivity index (χ2n) is 8.98. The molecule has 0 saturated carbocycles. The van der Waals surface area contributed by atoms with E-state index in [-0.39, 0.29) is 28.6 Å². The molecule has 1 amide bonds. The lowest BCUT2D eigenvalue weighted by molar-refractivity contribution is -0.384. The molecule has 9 nitrogen and oxygen atoms in total. The molecule has 2 atom stereocenters. The number of anilines is 2. The van der Waals surface area contributed by atoms with Crippen molar-refractivity contribution in [2.75, 3.05) is 29.9 Å². The molecule has 180 valence electrons. The van der Waals surface area contributed by atoms with Crippen LogP contribution in [0.15, 0.2) is 65.5 Å². The van der Waals surface area contributed by atoms with Crippen LogP contribution < -0.4 is 20.5 Å². The molecule has 1 saturated heterocycles. The zero-order valence-electron chi connectivity index (χ0n) is 19.3. The van der Waals surface area contributed by atoms with Crippen molar-refractivity contribution < 1.29 is 14.5 Å². The molecular formula is C26H26N4O5. The first-order valence-electron chi connectivity index (χ1n) is 11.7. The fraction of sp³-hybridized carbons (Fsp3) is 0.308. The highest BCUT2D eigenvalue weighted by atomic mass is 16.6. The number of pyridine rings is 1. The van der Waals surface area contributed by atoms with Crippen LogP contribution in [-0.2, 0) is 6.54 Å². The highest BCUT2D eigenvalue weighted by Crippen LogP contribution is 2.39. The molecule has 9 heteroatoms. The molecule has 2 bridgehead atoms. The molecule has 35 heavy (non-hydrogen) atoms. The van der Waals surface area contributed by atoms with Gasteiger partial charge in [-0.3, -0.25) is 19.7 Å². The molecule has 2 aliphatic rings. The number of carbonyl (C=O) groups is 1. The van der Waals surface area contributed by atoms with Crippen LogP contribution in [0.4, 0.5) is 17.1 Å². The summed E-state index contributed by atoms with van der Waals surface area (Å²) in [6.07, 6.45) is 0.955. The summed E-state index contributed by atoms with van der Waals surface area (Å²) in [7, 11) is 0.